The lowest BCUT2D eigenvalue weighted by Crippen LogP contribution is -2.41. The maximum atomic E-state index is 13.3. The Balaban J connectivity index is 1.50. The second kappa shape index (κ2) is 7.94. The molecule has 0 aliphatic carbocycles. The lowest BCUT2D eigenvalue weighted by atomic mass is 9.97. The van der Waals surface area contributed by atoms with Crippen LogP contribution in [-0.4, -0.2) is 38.8 Å². The minimum absolute atomic E-state index is 0.0135. The van der Waals surface area contributed by atoms with E-state index in [1.165, 1.54) is 18.2 Å². The Morgan fingerprint density at radius 2 is 2.10 bits per heavy atom. The summed E-state index contributed by atoms with van der Waals surface area (Å²) in [5, 5.41) is 15.9. The maximum Gasteiger partial charge on any atom is 0.229 e. The molecule has 0 spiro atoms. The molecule has 1 atom stereocenters. The normalized spacial score (nSPS) is 17.1. The van der Waals surface area contributed by atoms with Gasteiger partial charge in [-0.25, -0.2) is 4.39 Å². The van der Waals surface area contributed by atoms with Crippen molar-refractivity contribution in [2.24, 2.45) is 5.92 Å². The van der Waals surface area contributed by atoms with Gasteiger partial charge in [0.05, 0.1) is 10.9 Å². The average molecular weight is 417 g/mol. The molecule has 152 valence electrons. The topological polar surface area (TPSA) is 75.4 Å². The van der Waals surface area contributed by atoms with E-state index in [1.54, 1.807) is 4.52 Å². The van der Waals surface area contributed by atoms with Gasteiger partial charge >= 0.3 is 0 Å². The number of carbonyl (C=O) groups excluding carboxylic acids is 1. The summed E-state index contributed by atoms with van der Waals surface area (Å²) < 4.78 is 15.1. The Bertz CT molecular complexity index is 1050. The number of carbonyl (C=O) groups is 1. The molecule has 3 aromatic rings. The molecular weight excluding hydrogens is 395 g/mol. The Labute approximate surface area is 172 Å². The predicted molar refractivity (Wildman–Crippen MR) is 110 cm³/mol. The lowest BCUT2D eigenvalue weighted by Gasteiger charge is -2.32. The fraction of sp³-hybridized carbons (Fsp3) is 0.400. The second-order valence-corrected chi connectivity index (χ2v) is 7.98. The van der Waals surface area contributed by atoms with Crippen molar-refractivity contribution in [1.29, 1.82) is 0 Å². The molecule has 3 heterocycles. The number of anilines is 2. The number of aromatic nitrogens is 4. The van der Waals surface area contributed by atoms with Crippen molar-refractivity contribution in [2.75, 3.05) is 23.3 Å². The van der Waals surface area contributed by atoms with Crippen LogP contribution < -0.4 is 10.2 Å². The van der Waals surface area contributed by atoms with Crippen LogP contribution in [0.2, 0.25) is 5.02 Å². The van der Waals surface area contributed by atoms with Crippen molar-refractivity contribution >= 4 is 34.7 Å². The first-order valence-electron chi connectivity index (χ1n) is 9.65. The molecule has 0 bridgehead atoms. The third-order valence-electron chi connectivity index (χ3n) is 5.09. The molecule has 7 nitrogen and oxygen atoms in total. The van der Waals surface area contributed by atoms with Crippen LogP contribution in [0.25, 0.3) is 5.65 Å². The average Bonchev–Trinajstić information content (AvgIpc) is 3.14. The second-order valence-electron chi connectivity index (χ2n) is 7.58. The number of amides is 1. The van der Waals surface area contributed by atoms with Crippen molar-refractivity contribution in [3.05, 3.63) is 47.0 Å². The van der Waals surface area contributed by atoms with Crippen LogP contribution in [0.5, 0.6) is 0 Å². The smallest absolute Gasteiger partial charge is 0.229 e. The molecule has 1 aliphatic heterocycles. The zero-order valence-corrected chi connectivity index (χ0v) is 17.0. The van der Waals surface area contributed by atoms with Gasteiger partial charge in [0, 0.05) is 24.7 Å². The van der Waals surface area contributed by atoms with Gasteiger partial charge in [0.1, 0.15) is 11.6 Å². The largest absolute Gasteiger partial charge is 0.354 e. The third kappa shape index (κ3) is 4.03. The van der Waals surface area contributed by atoms with Crippen LogP contribution in [0, 0.1) is 11.7 Å². The fourth-order valence-corrected chi connectivity index (χ4v) is 3.72. The first-order chi connectivity index (χ1) is 13.9. The van der Waals surface area contributed by atoms with Gasteiger partial charge < -0.3 is 10.2 Å². The molecule has 1 N–H and O–H groups in total. The van der Waals surface area contributed by atoms with Gasteiger partial charge in [-0.05, 0) is 43.2 Å². The summed E-state index contributed by atoms with van der Waals surface area (Å²) in [6, 6.07) is 7.98. The van der Waals surface area contributed by atoms with Gasteiger partial charge in [-0.2, -0.15) is 4.52 Å². The van der Waals surface area contributed by atoms with Gasteiger partial charge in [0.25, 0.3) is 0 Å². The molecule has 9 heteroatoms. The zero-order valence-electron chi connectivity index (χ0n) is 16.3. The summed E-state index contributed by atoms with van der Waals surface area (Å²) in [6.07, 6.45) is 1.66. The van der Waals surface area contributed by atoms with Crippen molar-refractivity contribution in [3.63, 3.8) is 0 Å². The molecule has 1 aliphatic rings. The summed E-state index contributed by atoms with van der Waals surface area (Å²) in [4.78, 5) is 14.8. The quantitative estimate of drug-likeness (QED) is 0.698. The summed E-state index contributed by atoms with van der Waals surface area (Å²) in [7, 11) is 0. The SMILES string of the molecule is CC(C)c1nnc2ccc(N3CCC[C@@H](C(=O)Nc4ccc(F)c(Cl)c4)C3)nn12. The van der Waals surface area contributed by atoms with Gasteiger partial charge in [0.15, 0.2) is 11.5 Å². The third-order valence-corrected chi connectivity index (χ3v) is 5.38. The minimum atomic E-state index is -0.510. The van der Waals surface area contributed by atoms with E-state index in [9.17, 15) is 9.18 Å². The molecule has 1 fully saturated rings. The predicted octanol–water partition coefficient (Wildman–Crippen LogP) is 3.90. The summed E-state index contributed by atoms with van der Waals surface area (Å²) in [6.45, 7) is 5.48. The van der Waals surface area contributed by atoms with Crippen molar-refractivity contribution < 1.29 is 9.18 Å². The number of hydrogen-bond donors (Lipinski definition) is 1. The number of fused-ring (bicyclic) bond motifs is 1. The van der Waals surface area contributed by atoms with Crippen LogP contribution in [0.4, 0.5) is 15.9 Å². The Morgan fingerprint density at radius 1 is 1.28 bits per heavy atom. The summed E-state index contributed by atoms with van der Waals surface area (Å²) in [5.74, 6) is 0.990. The lowest BCUT2D eigenvalue weighted by molar-refractivity contribution is -0.120. The molecular formula is C20H22ClFN6O. The number of rotatable bonds is 4. The Kier molecular flexibility index (Phi) is 5.36. The highest BCUT2D eigenvalue weighted by Crippen LogP contribution is 2.25. The van der Waals surface area contributed by atoms with Crippen molar-refractivity contribution in [1.82, 2.24) is 19.8 Å². The van der Waals surface area contributed by atoms with E-state index in [2.05, 4.69) is 20.4 Å². The first kappa shape index (κ1) is 19.6. The number of nitrogens with zero attached hydrogens (tertiary/aromatic N) is 5. The van der Waals surface area contributed by atoms with E-state index in [0.29, 0.717) is 17.9 Å². The number of benzene rings is 1. The number of piperidine rings is 1. The van der Waals surface area contributed by atoms with Crippen LogP contribution in [0.1, 0.15) is 38.4 Å². The Morgan fingerprint density at radius 3 is 2.86 bits per heavy atom. The number of halogens is 2. The van der Waals surface area contributed by atoms with Gasteiger partial charge in [0.2, 0.25) is 5.91 Å². The molecule has 0 saturated carbocycles. The van der Waals surface area contributed by atoms with Crippen molar-refractivity contribution in [2.45, 2.75) is 32.6 Å². The summed E-state index contributed by atoms with van der Waals surface area (Å²) >= 11 is 5.80. The fourth-order valence-electron chi connectivity index (χ4n) is 3.54. The van der Waals surface area contributed by atoms with Crippen LogP contribution >= 0.6 is 11.6 Å². The highest BCUT2D eigenvalue weighted by Gasteiger charge is 2.27. The van der Waals surface area contributed by atoms with E-state index < -0.39 is 5.82 Å². The monoisotopic (exact) mass is 416 g/mol. The maximum absolute atomic E-state index is 13.3. The molecule has 2 aromatic heterocycles. The zero-order chi connectivity index (χ0) is 20.5. The molecule has 0 unspecified atom stereocenters. The number of hydrogen-bond acceptors (Lipinski definition) is 5. The number of nitrogens with one attached hydrogen (secondary N) is 1. The standard InChI is InChI=1S/C20H22ClFN6O/c1-12(2)19-25-24-17-7-8-18(26-28(17)19)27-9-3-4-13(11-27)20(29)23-14-5-6-16(22)15(21)10-14/h5-8,10,12-13H,3-4,9,11H2,1-2H3,(H,23,29)/t13-/m1/s1. The molecule has 1 aromatic carbocycles. The van der Waals surface area contributed by atoms with E-state index in [1.807, 2.05) is 26.0 Å². The Hall–Kier alpha value is -2.74. The van der Waals surface area contributed by atoms with Gasteiger partial charge in [-0.3, -0.25) is 4.79 Å². The van der Waals surface area contributed by atoms with E-state index >= 15 is 0 Å². The van der Waals surface area contributed by atoms with E-state index in [4.69, 9.17) is 16.7 Å². The highest BCUT2D eigenvalue weighted by molar-refractivity contribution is 6.31. The molecule has 0 radical (unpaired) electrons. The van der Waals surface area contributed by atoms with Crippen LogP contribution in [0.3, 0.4) is 0 Å². The minimum Gasteiger partial charge on any atom is -0.354 e. The summed E-state index contributed by atoms with van der Waals surface area (Å²) in [5.41, 5.74) is 1.20. The van der Waals surface area contributed by atoms with E-state index in [0.717, 1.165) is 31.0 Å². The molecule has 1 saturated heterocycles. The van der Waals surface area contributed by atoms with Crippen LogP contribution in [-0.2, 0) is 4.79 Å². The van der Waals surface area contributed by atoms with E-state index in [-0.39, 0.29) is 22.8 Å². The van der Waals surface area contributed by atoms with Gasteiger partial charge in [-0.15, -0.1) is 15.3 Å². The first-order valence-corrected chi connectivity index (χ1v) is 10.0. The van der Waals surface area contributed by atoms with Crippen molar-refractivity contribution in [3.8, 4) is 0 Å². The molecule has 29 heavy (non-hydrogen) atoms. The molecule has 1 amide bonds. The van der Waals surface area contributed by atoms with Gasteiger partial charge in [-0.1, -0.05) is 25.4 Å². The van der Waals surface area contributed by atoms with Crippen LogP contribution in [0.15, 0.2) is 30.3 Å². The highest BCUT2D eigenvalue weighted by atomic mass is 35.5. The molecule has 4 rings (SSSR count).